The zero-order valence-electron chi connectivity index (χ0n) is 10.1. The molecule has 2 rings (SSSR count). The lowest BCUT2D eigenvalue weighted by Crippen LogP contribution is -2.36. The summed E-state index contributed by atoms with van der Waals surface area (Å²) in [5, 5.41) is 0. The van der Waals surface area contributed by atoms with Gasteiger partial charge in [0.15, 0.2) is 5.78 Å². The summed E-state index contributed by atoms with van der Waals surface area (Å²) in [6.45, 7) is 0.420. The van der Waals surface area contributed by atoms with Gasteiger partial charge in [0.25, 0.3) is 0 Å². The monoisotopic (exact) mass is 234 g/mol. The highest BCUT2D eigenvalue weighted by atomic mass is 16.5. The Labute approximate surface area is 101 Å². The normalized spacial score (nSPS) is 18.0. The van der Waals surface area contributed by atoms with Crippen LogP contribution in [-0.4, -0.2) is 24.4 Å². The topological polar surface area (TPSA) is 65.2 Å². The first-order valence-corrected chi connectivity index (χ1v) is 5.96. The molecule has 17 heavy (non-hydrogen) atoms. The standard InChI is InChI=1S/C13H18N2O2/c1-17-11-6-10(7-15-8-11)12(16)13(9-14)4-2-3-5-13/h6-8H,2-5,9,14H2,1H3. The summed E-state index contributed by atoms with van der Waals surface area (Å²) in [5.41, 5.74) is 6.05. The molecule has 1 aliphatic carbocycles. The highest BCUT2D eigenvalue weighted by Crippen LogP contribution is 2.40. The smallest absolute Gasteiger partial charge is 0.171 e. The van der Waals surface area contributed by atoms with Crippen LogP contribution in [0.5, 0.6) is 5.75 Å². The van der Waals surface area contributed by atoms with Gasteiger partial charge < -0.3 is 10.5 Å². The largest absolute Gasteiger partial charge is 0.495 e. The van der Waals surface area contributed by atoms with E-state index in [2.05, 4.69) is 4.98 Å². The lowest BCUT2D eigenvalue weighted by atomic mass is 9.79. The van der Waals surface area contributed by atoms with Crippen molar-refractivity contribution in [2.24, 2.45) is 11.1 Å². The molecule has 1 saturated carbocycles. The zero-order valence-corrected chi connectivity index (χ0v) is 10.1. The van der Waals surface area contributed by atoms with Crippen LogP contribution in [0, 0.1) is 5.41 Å². The Hall–Kier alpha value is -1.42. The SMILES string of the molecule is COc1cncc(C(=O)C2(CN)CCCC2)c1. The molecular weight excluding hydrogens is 216 g/mol. The van der Waals surface area contributed by atoms with Gasteiger partial charge in [-0.3, -0.25) is 9.78 Å². The van der Waals surface area contributed by atoms with Gasteiger partial charge in [-0.25, -0.2) is 0 Å². The number of carbonyl (C=O) groups excluding carboxylic acids is 1. The minimum absolute atomic E-state index is 0.115. The number of Topliss-reactive ketones (excluding diaryl/α,β-unsaturated/α-hetero) is 1. The van der Waals surface area contributed by atoms with Crippen molar-refractivity contribution in [2.75, 3.05) is 13.7 Å². The average molecular weight is 234 g/mol. The number of hydrogen-bond acceptors (Lipinski definition) is 4. The van der Waals surface area contributed by atoms with E-state index in [1.54, 1.807) is 25.6 Å². The van der Waals surface area contributed by atoms with E-state index in [9.17, 15) is 4.79 Å². The van der Waals surface area contributed by atoms with Crippen molar-refractivity contribution in [2.45, 2.75) is 25.7 Å². The van der Waals surface area contributed by atoms with Crippen LogP contribution >= 0.6 is 0 Å². The van der Waals surface area contributed by atoms with Gasteiger partial charge in [0, 0.05) is 23.7 Å². The molecule has 0 bridgehead atoms. The minimum atomic E-state index is -0.367. The van der Waals surface area contributed by atoms with Gasteiger partial charge in [-0.05, 0) is 18.9 Å². The zero-order chi connectivity index (χ0) is 12.3. The second-order valence-corrected chi connectivity index (χ2v) is 4.63. The molecule has 0 spiro atoms. The summed E-state index contributed by atoms with van der Waals surface area (Å²) in [6.07, 6.45) is 7.14. The average Bonchev–Trinajstić information content (AvgIpc) is 2.88. The van der Waals surface area contributed by atoms with Crippen molar-refractivity contribution < 1.29 is 9.53 Å². The van der Waals surface area contributed by atoms with Crippen molar-refractivity contribution in [1.82, 2.24) is 4.98 Å². The summed E-state index contributed by atoms with van der Waals surface area (Å²) in [6, 6.07) is 1.74. The molecule has 1 aliphatic rings. The fraction of sp³-hybridized carbons (Fsp3) is 0.538. The van der Waals surface area contributed by atoms with Gasteiger partial charge in [0.2, 0.25) is 0 Å². The van der Waals surface area contributed by atoms with E-state index >= 15 is 0 Å². The third-order valence-electron chi connectivity index (χ3n) is 3.64. The summed E-state index contributed by atoms with van der Waals surface area (Å²) in [7, 11) is 1.57. The van der Waals surface area contributed by atoms with E-state index in [0.29, 0.717) is 17.9 Å². The number of rotatable bonds is 4. The Kier molecular flexibility index (Phi) is 3.43. The van der Waals surface area contributed by atoms with E-state index in [0.717, 1.165) is 25.7 Å². The quantitative estimate of drug-likeness (QED) is 0.807. The third-order valence-corrected chi connectivity index (χ3v) is 3.64. The first-order valence-electron chi connectivity index (χ1n) is 5.96. The molecule has 92 valence electrons. The van der Waals surface area contributed by atoms with Crippen LogP contribution in [0.3, 0.4) is 0 Å². The molecule has 2 N–H and O–H groups in total. The number of carbonyl (C=O) groups is 1. The number of nitrogens with zero attached hydrogens (tertiary/aromatic N) is 1. The number of nitrogens with two attached hydrogens (primary N) is 1. The van der Waals surface area contributed by atoms with Crippen molar-refractivity contribution >= 4 is 5.78 Å². The maximum atomic E-state index is 12.5. The molecule has 1 heterocycles. The minimum Gasteiger partial charge on any atom is -0.495 e. The Balaban J connectivity index is 2.29. The predicted octanol–water partition coefficient (Wildman–Crippen LogP) is 1.79. The molecule has 4 heteroatoms. The lowest BCUT2D eigenvalue weighted by molar-refractivity contribution is 0.0809. The molecule has 0 atom stereocenters. The first kappa shape index (κ1) is 12.0. The molecule has 1 aromatic heterocycles. The molecule has 1 aromatic rings. The Bertz CT molecular complexity index is 412. The number of aromatic nitrogens is 1. The second kappa shape index (κ2) is 4.84. The molecule has 1 fully saturated rings. The van der Waals surface area contributed by atoms with Gasteiger partial charge in [-0.15, -0.1) is 0 Å². The Morgan fingerprint density at radius 1 is 1.47 bits per heavy atom. The number of pyridine rings is 1. The number of hydrogen-bond donors (Lipinski definition) is 1. The molecule has 0 saturated heterocycles. The highest BCUT2D eigenvalue weighted by Gasteiger charge is 2.40. The van der Waals surface area contributed by atoms with Crippen LogP contribution in [0.25, 0.3) is 0 Å². The fourth-order valence-electron chi connectivity index (χ4n) is 2.54. The maximum Gasteiger partial charge on any atom is 0.171 e. The van der Waals surface area contributed by atoms with Crippen LogP contribution in [0.4, 0.5) is 0 Å². The van der Waals surface area contributed by atoms with Crippen LogP contribution in [0.15, 0.2) is 18.5 Å². The van der Waals surface area contributed by atoms with Crippen molar-refractivity contribution in [3.63, 3.8) is 0 Å². The van der Waals surface area contributed by atoms with E-state index in [1.807, 2.05) is 0 Å². The molecule has 0 unspecified atom stereocenters. The van der Waals surface area contributed by atoms with Gasteiger partial charge in [0.05, 0.1) is 13.3 Å². The summed E-state index contributed by atoms with van der Waals surface area (Å²) in [5.74, 6) is 0.727. The number of ether oxygens (including phenoxy) is 1. The molecule has 0 amide bonds. The number of ketones is 1. The summed E-state index contributed by atoms with van der Waals surface area (Å²) >= 11 is 0. The lowest BCUT2D eigenvalue weighted by Gasteiger charge is -2.25. The molecular formula is C13H18N2O2. The van der Waals surface area contributed by atoms with Gasteiger partial charge in [0.1, 0.15) is 5.75 Å². The van der Waals surface area contributed by atoms with E-state index in [-0.39, 0.29) is 11.2 Å². The maximum absolute atomic E-state index is 12.5. The Morgan fingerprint density at radius 2 is 2.18 bits per heavy atom. The summed E-state index contributed by atoms with van der Waals surface area (Å²) < 4.78 is 5.09. The molecule has 0 aliphatic heterocycles. The highest BCUT2D eigenvalue weighted by molar-refractivity contribution is 6.00. The van der Waals surface area contributed by atoms with Crippen LogP contribution in [0.2, 0.25) is 0 Å². The summed E-state index contributed by atoms with van der Waals surface area (Å²) in [4.78, 5) is 16.5. The first-order chi connectivity index (χ1) is 8.22. The molecule has 0 aromatic carbocycles. The second-order valence-electron chi connectivity index (χ2n) is 4.63. The molecule has 0 radical (unpaired) electrons. The predicted molar refractivity (Wildman–Crippen MR) is 65.1 cm³/mol. The van der Waals surface area contributed by atoms with Crippen LogP contribution in [0.1, 0.15) is 36.0 Å². The van der Waals surface area contributed by atoms with Gasteiger partial charge in [-0.1, -0.05) is 12.8 Å². The fourth-order valence-corrected chi connectivity index (χ4v) is 2.54. The van der Waals surface area contributed by atoms with E-state index in [4.69, 9.17) is 10.5 Å². The Morgan fingerprint density at radius 3 is 2.76 bits per heavy atom. The third kappa shape index (κ3) is 2.17. The van der Waals surface area contributed by atoms with Crippen molar-refractivity contribution in [3.05, 3.63) is 24.0 Å². The van der Waals surface area contributed by atoms with E-state index in [1.165, 1.54) is 0 Å². The number of methoxy groups -OCH3 is 1. The van der Waals surface area contributed by atoms with Gasteiger partial charge in [-0.2, -0.15) is 0 Å². The van der Waals surface area contributed by atoms with Crippen molar-refractivity contribution in [3.8, 4) is 5.75 Å². The van der Waals surface area contributed by atoms with Crippen LogP contribution < -0.4 is 10.5 Å². The van der Waals surface area contributed by atoms with E-state index < -0.39 is 0 Å². The van der Waals surface area contributed by atoms with Crippen molar-refractivity contribution in [1.29, 1.82) is 0 Å². The van der Waals surface area contributed by atoms with Gasteiger partial charge >= 0.3 is 0 Å². The molecule has 4 nitrogen and oxygen atoms in total. The van der Waals surface area contributed by atoms with Crippen LogP contribution in [-0.2, 0) is 0 Å².